The van der Waals surface area contributed by atoms with Gasteiger partial charge in [0.25, 0.3) is 0 Å². The van der Waals surface area contributed by atoms with Gasteiger partial charge in [-0.1, -0.05) is 35.9 Å². The smallest absolute Gasteiger partial charge is 0.142 e. The van der Waals surface area contributed by atoms with Crippen LogP contribution in [0.15, 0.2) is 42.5 Å². The minimum Gasteiger partial charge on any atom is -0.355 e. The molecule has 5 heteroatoms. The third-order valence-corrected chi connectivity index (χ3v) is 3.01. The highest BCUT2D eigenvalue weighted by molar-refractivity contribution is 6.31. The lowest BCUT2D eigenvalue weighted by molar-refractivity contribution is 0.898. The number of rotatable bonds is 4. The fraction of sp³-hybridized carbons (Fsp3) is 0.154. The minimum atomic E-state index is 0.638. The van der Waals surface area contributed by atoms with Gasteiger partial charge in [-0.25, -0.2) is 10.8 Å². The van der Waals surface area contributed by atoms with E-state index in [9.17, 15) is 0 Å². The molecule has 0 fully saturated rings. The Balaban J connectivity index is 2.16. The second kappa shape index (κ2) is 5.71. The van der Waals surface area contributed by atoms with Crippen LogP contribution in [0.1, 0.15) is 5.56 Å². The Hall–Kier alpha value is -1.78. The molecule has 2 aromatic rings. The number of nitrogens with two attached hydrogens (primary N) is 1. The zero-order chi connectivity index (χ0) is 13.0. The molecule has 94 valence electrons. The lowest BCUT2D eigenvalue weighted by Crippen LogP contribution is -2.19. The largest absolute Gasteiger partial charge is 0.355 e. The van der Waals surface area contributed by atoms with Gasteiger partial charge in [0.15, 0.2) is 0 Å². The summed E-state index contributed by atoms with van der Waals surface area (Å²) in [4.78, 5) is 6.38. The molecule has 3 N–H and O–H groups in total. The van der Waals surface area contributed by atoms with E-state index >= 15 is 0 Å². The Morgan fingerprint density at radius 1 is 1.22 bits per heavy atom. The molecule has 0 aliphatic heterocycles. The van der Waals surface area contributed by atoms with Crippen LogP contribution in [-0.4, -0.2) is 12.0 Å². The first-order valence-corrected chi connectivity index (χ1v) is 5.96. The van der Waals surface area contributed by atoms with Crippen LogP contribution < -0.4 is 16.2 Å². The summed E-state index contributed by atoms with van der Waals surface area (Å²) in [5.74, 6) is 6.82. The molecule has 0 saturated heterocycles. The Morgan fingerprint density at radius 2 is 2.00 bits per heavy atom. The van der Waals surface area contributed by atoms with E-state index in [-0.39, 0.29) is 0 Å². The first-order chi connectivity index (χ1) is 8.70. The van der Waals surface area contributed by atoms with Crippen molar-refractivity contribution in [3.05, 3.63) is 53.1 Å². The highest BCUT2D eigenvalue weighted by Crippen LogP contribution is 2.20. The van der Waals surface area contributed by atoms with Crippen molar-refractivity contribution in [2.45, 2.75) is 6.54 Å². The molecule has 4 nitrogen and oxygen atoms in total. The Labute approximate surface area is 111 Å². The van der Waals surface area contributed by atoms with Crippen LogP contribution >= 0.6 is 11.6 Å². The molecule has 0 spiro atoms. The molecule has 1 aromatic carbocycles. The second-order valence-corrected chi connectivity index (χ2v) is 4.38. The fourth-order valence-electron chi connectivity index (χ4n) is 1.68. The van der Waals surface area contributed by atoms with Crippen molar-refractivity contribution in [2.24, 2.45) is 5.84 Å². The van der Waals surface area contributed by atoms with E-state index in [4.69, 9.17) is 17.4 Å². The summed E-state index contributed by atoms with van der Waals surface area (Å²) in [6.07, 6.45) is 0. The topological polar surface area (TPSA) is 54.2 Å². The third-order valence-electron chi connectivity index (χ3n) is 2.64. The van der Waals surface area contributed by atoms with E-state index in [0.29, 0.717) is 12.4 Å². The van der Waals surface area contributed by atoms with E-state index in [1.165, 1.54) is 0 Å². The van der Waals surface area contributed by atoms with Crippen LogP contribution in [-0.2, 0) is 6.54 Å². The molecule has 18 heavy (non-hydrogen) atoms. The molecule has 0 bridgehead atoms. The number of hydrogen-bond donors (Lipinski definition) is 2. The number of pyridine rings is 1. The number of aromatic nitrogens is 1. The molecular weight excluding hydrogens is 248 g/mol. The number of nitrogens with one attached hydrogen (secondary N) is 1. The van der Waals surface area contributed by atoms with Crippen LogP contribution in [0, 0.1) is 0 Å². The summed E-state index contributed by atoms with van der Waals surface area (Å²) in [7, 11) is 1.96. The highest BCUT2D eigenvalue weighted by atomic mass is 35.5. The molecule has 2 rings (SSSR count). The predicted octanol–water partition coefficient (Wildman–Crippen LogP) is 2.66. The minimum absolute atomic E-state index is 0.638. The number of hydrazine groups is 1. The Bertz CT molecular complexity index is 530. The van der Waals surface area contributed by atoms with Crippen LogP contribution in [0.2, 0.25) is 5.02 Å². The third kappa shape index (κ3) is 2.91. The molecule has 0 aliphatic carbocycles. The quantitative estimate of drug-likeness (QED) is 0.657. The van der Waals surface area contributed by atoms with E-state index < -0.39 is 0 Å². The van der Waals surface area contributed by atoms with Crippen LogP contribution in [0.25, 0.3) is 0 Å². The van der Waals surface area contributed by atoms with Crippen LogP contribution in [0.5, 0.6) is 0 Å². The average Bonchev–Trinajstić information content (AvgIpc) is 2.41. The molecule has 0 unspecified atom stereocenters. The lowest BCUT2D eigenvalue weighted by atomic mass is 10.2. The van der Waals surface area contributed by atoms with E-state index in [1.807, 2.05) is 54.4 Å². The molecule has 0 saturated carbocycles. The van der Waals surface area contributed by atoms with Crippen molar-refractivity contribution in [1.29, 1.82) is 0 Å². The first kappa shape index (κ1) is 12.7. The van der Waals surface area contributed by atoms with Crippen molar-refractivity contribution in [3.8, 4) is 0 Å². The maximum atomic E-state index is 6.13. The second-order valence-electron chi connectivity index (χ2n) is 3.97. The van der Waals surface area contributed by atoms with Crippen molar-refractivity contribution in [2.75, 3.05) is 17.4 Å². The normalized spacial score (nSPS) is 10.2. The van der Waals surface area contributed by atoms with Crippen LogP contribution in [0.4, 0.5) is 11.6 Å². The first-order valence-electron chi connectivity index (χ1n) is 5.59. The van der Waals surface area contributed by atoms with Crippen LogP contribution in [0.3, 0.4) is 0 Å². The standard InChI is InChI=1S/C13H15ClN4/c1-18(9-10-5-2-3-6-11(10)14)13-8-4-7-12(16-13)17-15/h2-8H,9,15H2,1H3,(H,16,17). The van der Waals surface area contributed by atoms with Crippen molar-refractivity contribution in [1.82, 2.24) is 4.98 Å². The summed E-state index contributed by atoms with van der Waals surface area (Å²) in [5, 5.41) is 0.762. The summed E-state index contributed by atoms with van der Waals surface area (Å²) in [5.41, 5.74) is 3.60. The molecule has 1 heterocycles. The SMILES string of the molecule is CN(Cc1ccccc1Cl)c1cccc(NN)n1. The number of nitrogen functional groups attached to an aromatic ring is 1. The molecule has 0 amide bonds. The number of benzene rings is 1. The molecule has 0 aliphatic rings. The molecular formula is C13H15ClN4. The summed E-state index contributed by atoms with van der Waals surface area (Å²) in [6, 6.07) is 13.4. The van der Waals surface area contributed by atoms with Gasteiger partial charge in [0.1, 0.15) is 11.6 Å². The summed E-state index contributed by atoms with van der Waals surface area (Å²) < 4.78 is 0. The van der Waals surface area contributed by atoms with Gasteiger partial charge in [-0.05, 0) is 23.8 Å². The van der Waals surface area contributed by atoms with E-state index in [0.717, 1.165) is 16.4 Å². The number of halogens is 1. The lowest BCUT2D eigenvalue weighted by Gasteiger charge is -2.19. The van der Waals surface area contributed by atoms with Gasteiger partial charge in [0.05, 0.1) is 0 Å². The van der Waals surface area contributed by atoms with Gasteiger partial charge in [-0.2, -0.15) is 0 Å². The summed E-state index contributed by atoms with van der Waals surface area (Å²) in [6.45, 7) is 0.695. The van der Waals surface area contributed by atoms with Gasteiger partial charge in [-0.3, -0.25) is 0 Å². The van der Waals surface area contributed by atoms with Gasteiger partial charge in [0.2, 0.25) is 0 Å². The van der Waals surface area contributed by atoms with Crippen molar-refractivity contribution in [3.63, 3.8) is 0 Å². The average molecular weight is 263 g/mol. The number of nitrogens with zero attached hydrogens (tertiary/aromatic N) is 2. The van der Waals surface area contributed by atoms with Gasteiger partial charge >= 0.3 is 0 Å². The van der Waals surface area contributed by atoms with Gasteiger partial charge < -0.3 is 10.3 Å². The Morgan fingerprint density at radius 3 is 2.72 bits per heavy atom. The predicted molar refractivity (Wildman–Crippen MR) is 75.6 cm³/mol. The number of anilines is 2. The molecule has 1 aromatic heterocycles. The van der Waals surface area contributed by atoms with Crippen molar-refractivity contribution >= 4 is 23.2 Å². The zero-order valence-corrected chi connectivity index (χ0v) is 10.9. The summed E-state index contributed by atoms with van der Waals surface area (Å²) >= 11 is 6.13. The van der Waals surface area contributed by atoms with E-state index in [2.05, 4.69) is 10.4 Å². The maximum absolute atomic E-state index is 6.13. The monoisotopic (exact) mass is 262 g/mol. The maximum Gasteiger partial charge on any atom is 0.142 e. The molecule has 0 atom stereocenters. The Kier molecular flexibility index (Phi) is 4.02. The van der Waals surface area contributed by atoms with Crippen molar-refractivity contribution < 1.29 is 0 Å². The highest BCUT2D eigenvalue weighted by Gasteiger charge is 2.06. The fourth-order valence-corrected chi connectivity index (χ4v) is 1.87. The molecule has 0 radical (unpaired) electrons. The van der Waals surface area contributed by atoms with Gasteiger partial charge in [0, 0.05) is 18.6 Å². The zero-order valence-electron chi connectivity index (χ0n) is 10.1. The van der Waals surface area contributed by atoms with Gasteiger partial charge in [-0.15, -0.1) is 0 Å². The van der Waals surface area contributed by atoms with E-state index in [1.54, 1.807) is 0 Å². The number of hydrogen-bond acceptors (Lipinski definition) is 4.